The molecule has 0 amide bonds. The van der Waals surface area contributed by atoms with Gasteiger partial charge < -0.3 is 20.5 Å². The Morgan fingerprint density at radius 3 is 2.60 bits per heavy atom. The smallest absolute Gasteiger partial charge is 0.143 e. The first-order valence-corrected chi connectivity index (χ1v) is 6.61. The lowest BCUT2D eigenvalue weighted by molar-refractivity contribution is 0.332. The van der Waals surface area contributed by atoms with Crippen LogP contribution in [0, 0.1) is 0 Å². The van der Waals surface area contributed by atoms with Crippen molar-refractivity contribution in [1.29, 1.82) is 0 Å². The van der Waals surface area contributed by atoms with Gasteiger partial charge in [0.15, 0.2) is 0 Å². The van der Waals surface area contributed by atoms with Gasteiger partial charge in [0, 0.05) is 24.0 Å². The van der Waals surface area contributed by atoms with Crippen molar-refractivity contribution in [2.24, 2.45) is 0 Å². The Labute approximate surface area is 118 Å². The van der Waals surface area contributed by atoms with Crippen molar-refractivity contribution in [3.05, 3.63) is 36.5 Å². The summed E-state index contributed by atoms with van der Waals surface area (Å²) in [6.07, 6.45) is 1.66. The Balaban J connectivity index is 2.29. The highest BCUT2D eigenvalue weighted by atomic mass is 16.5. The van der Waals surface area contributed by atoms with Crippen LogP contribution in [0.25, 0.3) is 0 Å². The zero-order valence-electron chi connectivity index (χ0n) is 11.7. The van der Waals surface area contributed by atoms with E-state index < -0.39 is 0 Å². The van der Waals surface area contributed by atoms with E-state index in [0.717, 1.165) is 17.2 Å². The lowest BCUT2D eigenvalue weighted by Gasteiger charge is -2.14. The number of nitrogen functional groups attached to an aromatic ring is 1. The molecule has 0 radical (unpaired) electrons. The summed E-state index contributed by atoms with van der Waals surface area (Å²) in [5.41, 5.74) is 7.21. The van der Waals surface area contributed by atoms with Crippen molar-refractivity contribution in [1.82, 2.24) is 4.98 Å². The second-order valence-electron chi connectivity index (χ2n) is 4.12. The maximum atomic E-state index is 5.75. The summed E-state index contributed by atoms with van der Waals surface area (Å²) in [5, 5.41) is 3.20. The van der Waals surface area contributed by atoms with Crippen LogP contribution in [0.15, 0.2) is 36.5 Å². The molecule has 2 rings (SSSR count). The van der Waals surface area contributed by atoms with Gasteiger partial charge in [0.1, 0.15) is 17.3 Å². The molecular formula is C15H19N3O2. The third-order valence-corrected chi connectivity index (χ3v) is 2.61. The number of benzene rings is 1. The topological polar surface area (TPSA) is 69.4 Å². The molecule has 0 aliphatic rings. The number of nitrogens with two attached hydrogens (primary N) is 1. The third kappa shape index (κ3) is 3.54. The van der Waals surface area contributed by atoms with Crippen LogP contribution in [0.5, 0.6) is 11.5 Å². The highest BCUT2D eigenvalue weighted by Crippen LogP contribution is 2.31. The molecule has 0 aliphatic heterocycles. The number of hydrogen-bond acceptors (Lipinski definition) is 5. The van der Waals surface area contributed by atoms with Crippen LogP contribution >= 0.6 is 0 Å². The standard InChI is InChI=1S/C15H19N3O2/c1-3-19-12-5-6-14(20-4-2)13(10-12)18-15-9-11(16)7-8-17-15/h5-10H,3-4H2,1-2H3,(H3,16,17,18). The Kier molecular flexibility index (Phi) is 4.65. The van der Waals surface area contributed by atoms with Gasteiger partial charge in [-0.05, 0) is 32.0 Å². The molecule has 0 unspecified atom stereocenters. The molecule has 5 nitrogen and oxygen atoms in total. The predicted molar refractivity (Wildman–Crippen MR) is 80.7 cm³/mol. The number of ether oxygens (including phenoxy) is 2. The van der Waals surface area contributed by atoms with E-state index in [-0.39, 0.29) is 0 Å². The molecule has 0 saturated carbocycles. The molecule has 1 heterocycles. The van der Waals surface area contributed by atoms with Crippen LogP contribution in [0.4, 0.5) is 17.2 Å². The van der Waals surface area contributed by atoms with Gasteiger partial charge in [-0.25, -0.2) is 4.98 Å². The zero-order valence-corrected chi connectivity index (χ0v) is 11.7. The molecule has 1 aromatic heterocycles. The van der Waals surface area contributed by atoms with E-state index in [1.807, 2.05) is 32.0 Å². The van der Waals surface area contributed by atoms with Gasteiger partial charge in [-0.1, -0.05) is 0 Å². The van der Waals surface area contributed by atoms with Gasteiger partial charge in [-0.15, -0.1) is 0 Å². The minimum absolute atomic E-state index is 0.590. The number of aromatic nitrogens is 1. The molecular weight excluding hydrogens is 254 g/mol. The number of nitrogens with zero attached hydrogens (tertiary/aromatic N) is 1. The van der Waals surface area contributed by atoms with Crippen molar-refractivity contribution in [3.63, 3.8) is 0 Å². The highest BCUT2D eigenvalue weighted by Gasteiger charge is 2.07. The first-order valence-electron chi connectivity index (χ1n) is 6.61. The Bertz CT molecular complexity index is 573. The van der Waals surface area contributed by atoms with Crippen molar-refractivity contribution >= 4 is 17.2 Å². The molecule has 0 saturated heterocycles. The monoisotopic (exact) mass is 273 g/mol. The molecule has 3 N–H and O–H groups in total. The normalized spacial score (nSPS) is 10.1. The number of anilines is 3. The second-order valence-corrected chi connectivity index (χ2v) is 4.12. The highest BCUT2D eigenvalue weighted by molar-refractivity contribution is 5.67. The van der Waals surface area contributed by atoms with Crippen molar-refractivity contribution < 1.29 is 9.47 Å². The van der Waals surface area contributed by atoms with E-state index in [0.29, 0.717) is 24.7 Å². The molecule has 0 fully saturated rings. The molecule has 0 aliphatic carbocycles. The summed E-state index contributed by atoms with van der Waals surface area (Å²) >= 11 is 0. The average Bonchev–Trinajstić information content (AvgIpc) is 2.42. The third-order valence-electron chi connectivity index (χ3n) is 2.61. The van der Waals surface area contributed by atoms with Crippen LogP contribution in [0.3, 0.4) is 0 Å². The Morgan fingerprint density at radius 1 is 1.10 bits per heavy atom. The SMILES string of the molecule is CCOc1ccc(OCC)c(Nc2cc(N)ccn2)c1. The number of pyridine rings is 1. The lowest BCUT2D eigenvalue weighted by Crippen LogP contribution is -2.01. The molecule has 0 atom stereocenters. The van der Waals surface area contributed by atoms with Gasteiger partial charge in [0.05, 0.1) is 18.9 Å². The van der Waals surface area contributed by atoms with Gasteiger partial charge in [-0.2, -0.15) is 0 Å². The maximum absolute atomic E-state index is 5.75. The van der Waals surface area contributed by atoms with Crippen LogP contribution in [-0.2, 0) is 0 Å². The second kappa shape index (κ2) is 6.65. The summed E-state index contributed by atoms with van der Waals surface area (Å²) in [7, 11) is 0. The number of nitrogens with one attached hydrogen (secondary N) is 1. The fourth-order valence-corrected chi connectivity index (χ4v) is 1.80. The van der Waals surface area contributed by atoms with Crippen molar-refractivity contribution in [2.75, 3.05) is 24.3 Å². The van der Waals surface area contributed by atoms with E-state index in [2.05, 4.69) is 10.3 Å². The lowest BCUT2D eigenvalue weighted by atomic mass is 10.2. The Morgan fingerprint density at radius 2 is 1.90 bits per heavy atom. The minimum Gasteiger partial charge on any atom is -0.494 e. The first kappa shape index (κ1) is 14.0. The summed E-state index contributed by atoms with van der Waals surface area (Å²) in [4.78, 5) is 4.22. The average molecular weight is 273 g/mol. The van der Waals surface area contributed by atoms with E-state index in [1.54, 1.807) is 18.3 Å². The largest absolute Gasteiger partial charge is 0.494 e. The van der Waals surface area contributed by atoms with Crippen LogP contribution in [0.2, 0.25) is 0 Å². The molecule has 0 bridgehead atoms. The zero-order chi connectivity index (χ0) is 14.4. The first-order chi connectivity index (χ1) is 9.72. The molecule has 1 aromatic carbocycles. The predicted octanol–water partition coefficient (Wildman–Crippen LogP) is 3.20. The van der Waals surface area contributed by atoms with Gasteiger partial charge in [0.25, 0.3) is 0 Å². The summed E-state index contributed by atoms with van der Waals surface area (Å²) in [6, 6.07) is 9.16. The molecule has 5 heteroatoms. The van der Waals surface area contributed by atoms with Gasteiger partial charge in [0.2, 0.25) is 0 Å². The minimum atomic E-state index is 0.590. The summed E-state index contributed by atoms with van der Waals surface area (Å²) in [5.74, 6) is 2.20. The maximum Gasteiger partial charge on any atom is 0.143 e. The Hall–Kier alpha value is -2.43. The van der Waals surface area contributed by atoms with Crippen LogP contribution < -0.4 is 20.5 Å². The van der Waals surface area contributed by atoms with E-state index >= 15 is 0 Å². The fraction of sp³-hybridized carbons (Fsp3) is 0.267. The van der Waals surface area contributed by atoms with Crippen LogP contribution in [0.1, 0.15) is 13.8 Å². The van der Waals surface area contributed by atoms with E-state index in [1.165, 1.54) is 0 Å². The summed E-state index contributed by atoms with van der Waals surface area (Å²) in [6.45, 7) is 5.10. The van der Waals surface area contributed by atoms with Crippen LogP contribution in [-0.4, -0.2) is 18.2 Å². The quantitative estimate of drug-likeness (QED) is 0.845. The summed E-state index contributed by atoms with van der Waals surface area (Å²) < 4.78 is 11.1. The molecule has 2 aromatic rings. The van der Waals surface area contributed by atoms with Gasteiger partial charge in [-0.3, -0.25) is 0 Å². The van der Waals surface area contributed by atoms with E-state index in [9.17, 15) is 0 Å². The number of hydrogen-bond donors (Lipinski definition) is 2. The molecule has 20 heavy (non-hydrogen) atoms. The van der Waals surface area contributed by atoms with Crippen molar-refractivity contribution in [3.8, 4) is 11.5 Å². The fourth-order valence-electron chi connectivity index (χ4n) is 1.80. The van der Waals surface area contributed by atoms with Gasteiger partial charge >= 0.3 is 0 Å². The molecule has 106 valence electrons. The molecule has 0 spiro atoms. The van der Waals surface area contributed by atoms with E-state index in [4.69, 9.17) is 15.2 Å². The van der Waals surface area contributed by atoms with Crippen molar-refractivity contribution in [2.45, 2.75) is 13.8 Å². The number of rotatable bonds is 6.